The SMILES string of the molecule is NC1=NC2(COC1)c1cc(-c3cccnc3F)ccc1Oc1c(F)cc(C3=CCOCC3)cc12. The summed E-state index contributed by atoms with van der Waals surface area (Å²) >= 11 is 0. The molecule has 0 fully saturated rings. The summed E-state index contributed by atoms with van der Waals surface area (Å²) in [5.74, 6) is -0.284. The van der Waals surface area contributed by atoms with Crippen LogP contribution in [0.4, 0.5) is 8.78 Å². The van der Waals surface area contributed by atoms with E-state index in [1.165, 1.54) is 12.3 Å². The Balaban J connectivity index is 1.59. The Kier molecular flexibility index (Phi) is 4.93. The van der Waals surface area contributed by atoms with E-state index in [-0.39, 0.29) is 19.0 Å². The molecule has 4 heterocycles. The second-order valence-corrected chi connectivity index (χ2v) is 8.50. The molecule has 3 aliphatic heterocycles. The summed E-state index contributed by atoms with van der Waals surface area (Å²) in [6.45, 7) is 1.37. The van der Waals surface area contributed by atoms with Gasteiger partial charge in [0.25, 0.3) is 0 Å². The van der Waals surface area contributed by atoms with Gasteiger partial charge >= 0.3 is 0 Å². The molecule has 3 aliphatic rings. The molecule has 2 aromatic carbocycles. The van der Waals surface area contributed by atoms with Crippen LogP contribution in [0, 0.1) is 11.8 Å². The van der Waals surface area contributed by atoms with Crippen LogP contribution in [0.3, 0.4) is 0 Å². The van der Waals surface area contributed by atoms with Crippen LogP contribution in [0.25, 0.3) is 16.7 Å². The molecule has 0 radical (unpaired) electrons. The molecule has 1 unspecified atom stereocenters. The number of halogens is 2. The van der Waals surface area contributed by atoms with Gasteiger partial charge in [0, 0.05) is 22.9 Å². The first-order valence-electron chi connectivity index (χ1n) is 11.0. The highest BCUT2D eigenvalue weighted by atomic mass is 19.1. The second kappa shape index (κ2) is 8.00. The minimum Gasteiger partial charge on any atom is -0.453 e. The van der Waals surface area contributed by atoms with Crippen molar-refractivity contribution in [1.82, 2.24) is 4.98 Å². The normalized spacial score (nSPS) is 21.2. The minimum atomic E-state index is -1.14. The van der Waals surface area contributed by atoms with Crippen molar-refractivity contribution in [2.75, 3.05) is 26.4 Å². The van der Waals surface area contributed by atoms with Gasteiger partial charge in [-0.2, -0.15) is 4.39 Å². The van der Waals surface area contributed by atoms with Crippen LogP contribution < -0.4 is 10.5 Å². The zero-order valence-electron chi connectivity index (χ0n) is 18.2. The molecule has 6 nitrogen and oxygen atoms in total. The lowest BCUT2D eigenvalue weighted by molar-refractivity contribution is 0.109. The quantitative estimate of drug-likeness (QED) is 0.566. The molecule has 0 aliphatic carbocycles. The summed E-state index contributed by atoms with van der Waals surface area (Å²) in [4.78, 5) is 8.57. The average molecular weight is 461 g/mol. The fourth-order valence-electron chi connectivity index (χ4n) is 4.83. The van der Waals surface area contributed by atoms with Gasteiger partial charge in [-0.25, -0.2) is 9.37 Å². The Morgan fingerprint density at radius 2 is 1.88 bits per heavy atom. The first kappa shape index (κ1) is 20.9. The molecule has 3 aromatic rings. The predicted molar refractivity (Wildman–Crippen MR) is 123 cm³/mol. The number of aliphatic imine (C=N–C) groups is 1. The van der Waals surface area contributed by atoms with Crippen molar-refractivity contribution < 1.29 is 23.0 Å². The highest BCUT2D eigenvalue weighted by Crippen LogP contribution is 2.52. The number of rotatable bonds is 2. The smallest absolute Gasteiger partial charge is 0.220 e. The third-order valence-electron chi connectivity index (χ3n) is 6.43. The molecule has 172 valence electrons. The van der Waals surface area contributed by atoms with Crippen LogP contribution in [-0.2, 0) is 15.0 Å². The summed E-state index contributed by atoms with van der Waals surface area (Å²) in [5, 5.41) is 0. The fraction of sp³-hybridized carbons (Fsp3) is 0.231. The van der Waals surface area contributed by atoms with Crippen LogP contribution in [0.1, 0.15) is 23.1 Å². The van der Waals surface area contributed by atoms with E-state index in [0.29, 0.717) is 53.5 Å². The van der Waals surface area contributed by atoms with Crippen LogP contribution in [0.5, 0.6) is 11.5 Å². The van der Waals surface area contributed by atoms with E-state index in [4.69, 9.17) is 24.9 Å². The van der Waals surface area contributed by atoms with Crippen LogP contribution in [0.15, 0.2) is 59.7 Å². The summed E-state index contributed by atoms with van der Waals surface area (Å²) in [7, 11) is 0. The second-order valence-electron chi connectivity index (χ2n) is 8.50. The van der Waals surface area contributed by atoms with E-state index in [9.17, 15) is 4.39 Å². The van der Waals surface area contributed by atoms with Crippen LogP contribution in [-0.4, -0.2) is 37.2 Å². The van der Waals surface area contributed by atoms with Crippen LogP contribution in [0.2, 0.25) is 0 Å². The maximum Gasteiger partial charge on any atom is 0.220 e. The topological polar surface area (TPSA) is 79.0 Å². The van der Waals surface area contributed by atoms with E-state index in [0.717, 1.165) is 11.1 Å². The van der Waals surface area contributed by atoms with Crippen molar-refractivity contribution in [1.29, 1.82) is 0 Å². The monoisotopic (exact) mass is 461 g/mol. The number of nitrogens with zero attached hydrogens (tertiary/aromatic N) is 2. The number of amidine groups is 1. The lowest BCUT2D eigenvalue weighted by atomic mass is 9.78. The van der Waals surface area contributed by atoms with Crippen molar-refractivity contribution in [3.63, 3.8) is 0 Å². The van der Waals surface area contributed by atoms with Gasteiger partial charge in [-0.3, -0.25) is 4.99 Å². The molecule has 1 spiro atoms. The summed E-state index contributed by atoms with van der Waals surface area (Å²) in [6.07, 6.45) is 4.02. The lowest BCUT2D eigenvalue weighted by Crippen LogP contribution is -2.42. The number of fused-ring (bicyclic) bond motifs is 4. The minimum absolute atomic E-state index is 0.0891. The van der Waals surface area contributed by atoms with E-state index in [2.05, 4.69) is 4.98 Å². The van der Waals surface area contributed by atoms with Gasteiger partial charge in [-0.1, -0.05) is 12.1 Å². The Labute approximate surface area is 194 Å². The summed E-state index contributed by atoms with van der Waals surface area (Å²) in [5.41, 5.74) is 8.82. The van der Waals surface area contributed by atoms with E-state index in [1.54, 1.807) is 30.3 Å². The van der Waals surface area contributed by atoms with Gasteiger partial charge in [0.05, 0.1) is 19.8 Å². The van der Waals surface area contributed by atoms with Gasteiger partial charge in [0.2, 0.25) is 5.95 Å². The summed E-state index contributed by atoms with van der Waals surface area (Å²) < 4.78 is 47.2. The van der Waals surface area contributed by atoms with E-state index >= 15 is 4.39 Å². The Morgan fingerprint density at radius 1 is 1.00 bits per heavy atom. The van der Waals surface area contributed by atoms with Gasteiger partial charge < -0.3 is 19.9 Å². The number of pyridine rings is 1. The molecule has 0 bridgehead atoms. The van der Waals surface area contributed by atoms with Crippen molar-refractivity contribution in [2.45, 2.75) is 12.0 Å². The molecular weight excluding hydrogens is 440 g/mol. The average Bonchev–Trinajstić information content (AvgIpc) is 2.86. The molecule has 2 N–H and O–H groups in total. The lowest BCUT2D eigenvalue weighted by Gasteiger charge is -2.40. The van der Waals surface area contributed by atoms with E-state index in [1.807, 2.05) is 12.1 Å². The molecule has 1 aromatic heterocycles. The maximum absolute atomic E-state index is 15.5. The van der Waals surface area contributed by atoms with Crippen LogP contribution >= 0.6 is 0 Å². The zero-order chi connectivity index (χ0) is 23.3. The van der Waals surface area contributed by atoms with Gasteiger partial charge in [-0.15, -0.1) is 0 Å². The molecule has 6 rings (SSSR count). The summed E-state index contributed by atoms with van der Waals surface area (Å²) in [6, 6.07) is 11.9. The number of aromatic nitrogens is 1. The zero-order valence-corrected chi connectivity index (χ0v) is 18.2. The number of hydrogen-bond donors (Lipinski definition) is 1. The fourth-order valence-corrected chi connectivity index (χ4v) is 4.83. The number of hydrogen-bond acceptors (Lipinski definition) is 6. The van der Waals surface area contributed by atoms with Crippen molar-refractivity contribution in [3.05, 3.63) is 83.2 Å². The first-order valence-corrected chi connectivity index (χ1v) is 11.0. The van der Waals surface area contributed by atoms with Crippen molar-refractivity contribution >= 4 is 11.4 Å². The molecule has 0 saturated carbocycles. The maximum atomic E-state index is 15.5. The largest absolute Gasteiger partial charge is 0.453 e. The van der Waals surface area contributed by atoms with Crippen molar-refractivity contribution in [2.24, 2.45) is 10.7 Å². The number of benzene rings is 2. The predicted octanol–water partition coefficient (Wildman–Crippen LogP) is 4.57. The van der Waals surface area contributed by atoms with Crippen molar-refractivity contribution in [3.8, 4) is 22.6 Å². The Hall–Kier alpha value is -3.62. The standard InChI is InChI=1S/C26H21F2N3O3/c27-21-12-17(15-5-8-32-9-6-15)11-20-24(21)34-22-4-3-16(18-2-1-7-30-25(18)28)10-19(22)26(20)14-33-13-23(29)31-26/h1-5,7,10-12H,6,8-9,13-14H2,(H2,29,31). The molecular formula is C26H21F2N3O3. The Morgan fingerprint density at radius 3 is 2.68 bits per heavy atom. The number of nitrogens with two attached hydrogens (primary N) is 1. The van der Waals surface area contributed by atoms with Gasteiger partial charge in [0.1, 0.15) is 23.7 Å². The highest BCUT2D eigenvalue weighted by molar-refractivity contribution is 5.84. The molecule has 34 heavy (non-hydrogen) atoms. The highest BCUT2D eigenvalue weighted by Gasteiger charge is 2.46. The third kappa shape index (κ3) is 3.29. The first-order chi connectivity index (χ1) is 16.5. The molecule has 8 heteroatoms. The molecule has 0 amide bonds. The third-order valence-corrected chi connectivity index (χ3v) is 6.43. The van der Waals surface area contributed by atoms with Gasteiger partial charge in [-0.05, 0) is 59.5 Å². The Bertz CT molecular complexity index is 1370. The molecule has 1 atom stereocenters. The van der Waals surface area contributed by atoms with Gasteiger partial charge in [0.15, 0.2) is 11.6 Å². The molecule has 0 saturated heterocycles. The van der Waals surface area contributed by atoms with E-state index < -0.39 is 17.3 Å². The number of ether oxygens (including phenoxy) is 3.